The van der Waals surface area contributed by atoms with Crippen LogP contribution in [0, 0.1) is 0 Å². The van der Waals surface area contributed by atoms with E-state index < -0.39 is 0 Å². The van der Waals surface area contributed by atoms with Crippen LogP contribution in [0.15, 0.2) is 15.7 Å². The van der Waals surface area contributed by atoms with Gasteiger partial charge in [-0.15, -0.1) is 0 Å². The molecule has 1 aliphatic rings. The van der Waals surface area contributed by atoms with Crippen LogP contribution in [-0.4, -0.2) is 5.17 Å². The Labute approximate surface area is 78.1 Å². The average Bonchev–Trinajstić information content (AvgIpc) is 2.02. The van der Waals surface area contributed by atoms with E-state index >= 15 is 0 Å². The normalized spacial score (nSPS) is 17.0. The molecule has 0 N–H and O–H groups in total. The Morgan fingerprint density at radius 1 is 1.18 bits per heavy atom. The van der Waals surface area contributed by atoms with Crippen LogP contribution in [0.4, 0.5) is 0 Å². The molecule has 1 aliphatic heterocycles. The van der Waals surface area contributed by atoms with Crippen molar-refractivity contribution in [3.8, 4) is 0 Å². The number of aliphatic imine (C=N–C) groups is 1. The summed E-state index contributed by atoms with van der Waals surface area (Å²) >= 11 is 11.4. The molecule has 3 heteroatoms. The summed E-state index contributed by atoms with van der Waals surface area (Å²) in [6.45, 7) is 5.86. The van der Waals surface area contributed by atoms with Gasteiger partial charge in [0, 0.05) is 11.5 Å². The smallest absolute Gasteiger partial charge is 0.106 e. The average molecular weight is 194 g/mol. The molecule has 0 aromatic rings. The van der Waals surface area contributed by atoms with E-state index in [1.165, 1.54) is 0 Å². The zero-order valence-electron chi connectivity index (χ0n) is 7.12. The summed E-state index contributed by atoms with van der Waals surface area (Å²) in [5.41, 5.74) is 0.855. The molecule has 0 spiro atoms. The van der Waals surface area contributed by atoms with E-state index in [4.69, 9.17) is 23.2 Å². The summed E-state index contributed by atoms with van der Waals surface area (Å²) in [5.74, 6) is 0. The lowest BCUT2D eigenvalue weighted by Gasteiger charge is -2.06. The third-order valence-electron chi connectivity index (χ3n) is 1.23. The highest BCUT2D eigenvalue weighted by molar-refractivity contribution is 6.65. The first kappa shape index (κ1) is 11.0. The molecule has 0 aromatic carbocycles. The molecular formula is C8H13Cl2N. The minimum absolute atomic E-state index is 0.664. The first-order chi connectivity index (χ1) is 5.20. The number of hydrogen-bond donors (Lipinski definition) is 0. The van der Waals surface area contributed by atoms with Gasteiger partial charge in [-0.05, 0) is 13.3 Å². The lowest BCUT2D eigenvalue weighted by Crippen LogP contribution is -1.95. The highest BCUT2D eigenvalue weighted by Crippen LogP contribution is 2.22. The number of allylic oxidation sites excluding steroid dienone is 2. The van der Waals surface area contributed by atoms with Crippen molar-refractivity contribution in [1.82, 2.24) is 0 Å². The van der Waals surface area contributed by atoms with Crippen molar-refractivity contribution in [2.75, 3.05) is 0 Å². The number of rotatable bonds is 0. The predicted octanol–water partition coefficient (Wildman–Crippen LogP) is 3.91. The molecule has 1 rings (SSSR count). The second-order valence-electron chi connectivity index (χ2n) is 1.98. The Morgan fingerprint density at radius 2 is 1.73 bits per heavy atom. The van der Waals surface area contributed by atoms with Crippen LogP contribution in [-0.2, 0) is 0 Å². The van der Waals surface area contributed by atoms with E-state index in [1.807, 2.05) is 20.8 Å². The van der Waals surface area contributed by atoms with Crippen molar-refractivity contribution < 1.29 is 0 Å². The van der Waals surface area contributed by atoms with Crippen molar-refractivity contribution in [3.63, 3.8) is 0 Å². The molecule has 0 fully saturated rings. The Morgan fingerprint density at radius 3 is 2.09 bits per heavy atom. The van der Waals surface area contributed by atoms with E-state index in [2.05, 4.69) is 4.99 Å². The third-order valence-corrected chi connectivity index (χ3v) is 1.97. The fraction of sp³-hybridized carbons (Fsp3) is 0.625. The summed E-state index contributed by atoms with van der Waals surface area (Å²) in [4.78, 5) is 3.99. The van der Waals surface area contributed by atoms with Crippen molar-refractivity contribution in [2.45, 2.75) is 33.6 Å². The maximum absolute atomic E-state index is 5.75. The summed E-state index contributed by atoms with van der Waals surface area (Å²) in [5, 5.41) is 1.50. The summed E-state index contributed by atoms with van der Waals surface area (Å²) in [6, 6.07) is 0. The van der Waals surface area contributed by atoms with Gasteiger partial charge in [-0.2, -0.15) is 0 Å². The standard InChI is InChI=1S/C6H7Cl2N.C2H6/c1-4-5(7)2-3-6(8)9-4;1-2/h2-3H2,1H3;1-2H3. The summed E-state index contributed by atoms with van der Waals surface area (Å²) in [7, 11) is 0. The molecular weight excluding hydrogens is 181 g/mol. The Balaban J connectivity index is 0.000000461. The summed E-state index contributed by atoms with van der Waals surface area (Å²) in [6.07, 6.45) is 1.63. The molecule has 0 bridgehead atoms. The SMILES string of the molecule is CC.CC1=C(Cl)CCC(Cl)=N1. The van der Waals surface area contributed by atoms with Crippen LogP contribution >= 0.6 is 23.2 Å². The van der Waals surface area contributed by atoms with Crippen molar-refractivity contribution in [1.29, 1.82) is 0 Å². The van der Waals surface area contributed by atoms with Gasteiger partial charge in [-0.3, -0.25) is 0 Å². The molecule has 1 nitrogen and oxygen atoms in total. The molecule has 64 valence electrons. The largest absolute Gasteiger partial charge is 0.245 e. The minimum Gasteiger partial charge on any atom is -0.245 e. The monoisotopic (exact) mass is 193 g/mol. The van der Waals surface area contributed by atoms with E-state index in [-0.39, 0.29) is 0 Å². The highest BCUT2D eigenvalue weighted by atomic mass is 35.5. The number of hydrogen-bond acceptors (Lipinski definition) is 1. The van der Waals surface area contributed by atoms with E-state index in [0.29, 0.717) is 5.17 Å². The third kappa shape index (κ3) is 3.78. The lowest BCUT2D eigenvalue weighted by atomic mass is 10.2. The van der Waals surface area contributed by atoms with Crippen LogP contribution in [0.1, 0.15) is 33.6 Å². The Bertz CT molecular complexity index is 183. The Kier molecular flexibility index (Phi) is 5.61. The molecule has 1 heterocycles. The molecule has 0 aliphatic carbocycles. The minimum atomic E-state index is 0.664. The van der Waals surface area contributed by atoms with E-state index in [0.717, 1.165) is 23.6 Å². The molecule has 0 aromatic heterocycles. The van der Waals surface area contributed by atoms with Crippen LogP contribution in [0.5, 0.6) is 0 Å². The van der Waals surface area contributed by atoms with Crippen molar-refractivity contribution >= 4 is 28.4 Å². The van der Waals surface area contributed by atoms with Gasteiger partial charge in [0.2, 0.25) is 0 Å². The molecule has 0 radical (unpaired) electrons. The highest BCUT2D eigenvalue weighted by Gasteiger charge is 2.07. The first-order valence-corrected chi connectivity index (χ1v) is 4.54. The topological polar surface area (TPSA) is 12.4 Å². The second-order valence-corrected chi connectivity index (χ2v) is 2.87. The maximum Gasteiger partial charge on any atom is 0.106 e. The first-order valence-electron chi connectivity index (χ1n) is 3.78. The lowest BCUT2D eigenvalue weighted by molar-refractivity contribution is 1.01. The van der Waals surface area contributed by atoms with Gasteiger partial charge in [-0.1, -0.05) is 37.0 Å². The van der Waals surface area contributed by atoms with Crippen molar-refractivity contribution in [2.24, 2.45) is 4.99 Å². The predicted molar refractivity (Wildman–Crippen MR) is 52.4 cm³/mol. The zero-order valence-corrected chi connectivity index (χ0v) is 8.63. The van der Waals surface area contributed by atoms with Gasteiger partial charge in [0.1, 0.15) is 5.17 Å². The molecule has 11 heavy (non-hydrogen) atoms. The van der Waals surface area contributed by atoms with Gasteiger partial charge in [0.05, 0.1) is 5.70 Å². The molecule has 0 saturated heterocycles. The summed E-state index contributed by atoms with van der Waals surface area (Å²) < 4.78 is 0. The van der Waals surface area contributed by atoms with Crippen LogP contribution < -0.4 is 0 Å². The van der Waals surface area contributed by atoms with Crippen LogP contribution in [0.3, 0.4) is 0 Å². The number of nitrogens with zero attached hydrogens (tertiary/aromatic N) is 1. The van der Waals surface area contributed by atoms with Gasteiger partial charge in [-0.25, -0.2) is 4.99 Å². The molecule has 0 amide bonds. The van der Waals surface area contributed by atoms with E-state index in [9.17, 15) is 0 Å². The zero-order chi connectivity index (χ0) is 8.85. The van der Waals surface area contributed by atoms with E-state index in [1.54, 1.807) is 0 Å². The fourth-order valence-electron chi connectivity index (χ4n) is 0.692. The quantitative estimate of drug-likeness (QED) is 0.554. The fourth-order valence-corrected chi connectivity index (χ4v) is 1.05. The van der Waals surface area contributed by atoms with Gasteiger partial charge in [0.25, 0.3) is 0 Å². The van der Waals surface area contributed by atoms with Crippen LogP contribution in [0.2, 0.25) is 0 Å². The molecule has 0 unspecified atom stereocenters. The number of halogens is 2. The molecule has 0 saturated carbocycles. The maximum atomic E-state index is 5.75. The van der Waals surface area contributed by atoms with Gasteiger partial charge < -0.3 is 0 Å². The second kappa shape index (κ2) is 5.62. The van der Waals surface area contributed by atoms with Gasteiger partial charge in [0.15, 0.2) is 0 Å². The van der Waals surface area contributed by atoms with Crippen molar-refractivity contribution in [3.05, 3.63) is 10.7 Å². The van der Waals surface area contributed by atoms with Gasteiger partial charge >= 0.3 is 0 Å². The van der Waals surface area contributed by atoms with Crippen LogP contribution in [0.25, 0.3) is 0 Å². The Hall–Kier alpha value is -0.0100. The molecule has 0 atom stereocenters.